The van der Waals surface area contributed by atoms with Crippen molar-refractivity contribution in [2.24, 2.45) is 5.41 Å². The second kappa shape index (κ2) is 9.87. The van der Waals surface area contributed by atoms with Crippen molar-refractivity contribution in [1.82, 2.24) is 10.2 Å². The highest BCUT2D eigenvalue weighted by atomic mass is 16.5. The summed E-state index contributed by atoms with van der Waals surface area (Å²) in [4.78, 5) is 38.3. The lowest BCUT2D eigenvalue weighted by atomic mass is 9.87. The number of aliphatic carboxylic acids is 1. The molecule has 7 heteroatoms. The molecule has 2 amide bonds. The zero-order valence-electron chi connectivity index (χ0n) is 19.8. The van der Waals surface area contributed by atoms with E-state index in [-0.39, 0.29) is 30.9 Å². The molecule has 4 rings (SSSR count). The Morgan fingerprint density at radius 2 is 1.68 bits per heavy atom. The number of carbonyl (C=O) groups excluding carboxylic acids is 2. The molecule has 1 heterocycles. The Bertz CT molecular complexity index is 1030. The number of rotatable bonds is 8. The monoisotopic (exact) mass is 464 g/mol. The minimum Gasteiger partial charge on any atom is -0.481 e. The number of hydrogen-bond donors (Lipinski definition) is 2. The van der Waals surface area contributed by atoms with E-state index in [4.69, 9.17) is 9.84 Å². The molecule has 1 atom stereocenters. The van der Waals surface area contributed by atoms with Crippen LogP contribution in [0, 0.1) is 5.41 Å². The number of fused-ring (bicyclic) bond motifs is 3. The lowest BCUT2D eigenvalue weighted by Gasteiger charge is -2.32. The molecule has 0 radical (unpaired) electrons. The van der Waals surface area contributed by atoms with Gasteiger partial charge in [0, 0.05) is 30.5 Å². The molecule has 0 saturated carbocycles. The highest BCUT2D eigenvalue weighted by molar-refractivity contribution is 5.83. The molecule has 7 nitrogen and oxygen atoms in total. The molecule has 0 aromatic heterocycles. The van der Waals surface area contributed by atoms with Gasteiger partial charge in [-0.05, 0) is 41.5 Å². The Balaban J connectivity index is 1.28. The van der Waals surface area contributed by atoms with Crippen molar-refractivity contribution < 1.29 is 24.2 Å². The first kappa shape index (κ1) is 23.8. The van der Waals surface area contributed by atoms with Crippen LogP contribution < -0.4 is 5.32 Å². The maximum atomic E-state index is 13.1. The molecule has 180 valence electrons. The van der Waals surface area contributed by atoms with Crippen molar-refractivity contribution in [1.29, 1.82) is 0 Å². The topological polar surface area (TPSA) is 95.9 Å². The summed E-state index contributed by atoms with van der Waals surface area (Å²) in [6.07, 6.45) is 1.44. The molecule has 1 aliphatic carbocycles. The number of likely N-dealkylation sites (tertiary alicyclic amines) is 1. The summed E-state index contributed by atoms with van der Waals surface area (Å²) in [5, 5.41) is 11.9. The van der Waals surface area contributed by atoms with Gasteiger partial charge in [0.25, 0.3) is 0 Å². The van der Waals surface area contributed by atoms with E-state index in [1.54, 1.807) is 4.90 Å². The fourth-order valence-corrected chi connectivity index (χ4v) is 5.14. The number of amides is 2. The van der Waals surface area contributed by atoms with E-state index in [9.17, 15) is 14.4 Å². The van der Waals surface area contributed by atoms with Gasteiger partial charge >= 0.3 is 12.1 Å². The summed E-state index contributed by atoms with van der Waals surface area (Å²) >= 11 is 0. The molecule has 2 aromatic rings. The maximum absolute atomic E-state index is 13.1. The van der Waals surface area contributed by atoms with Crippen molar-refractivity contribution >= 4 is 18.0 Å². The van der Waals surface area contributed by atoms with Gasteiger partial charge in [-0.2, -0.15) is 0 Å². The molecule has 0 spiro atoms. The van der Waals surface area contributed by atoms with Gasteiger partial charge in [-0.1, -0.05) is 62.4 Å². The zero-order valence-corrected chi connectivity index (χ0v) is 19.8. The van der Waals surface area contributed by atoms with E-state index < -0.39 is 17.5 Å². The molecule has 34 heavy (non-hydrogen) atoms. The number of ether oxygens (including phenoxy) is 1. The van der Waals surface area contributed by atoms with Crippen molar-refractivity contribution in [3.8, 4) is 11.1 Å². The molecular formula is C27H32N2O5. The summed E-state index contributed by atoms with van der Waals surface area (Å²) in [6.45, 7) is 4.80. The van der Waals surface area contributed by atoms with Crippen LogP contribution in [0.2, 0.25) is 0 Å². The number of nitrogens with one attached hydrogen (secondary N) is 1. The van der Waals surface area contributed by atoms with Gasteiger partial charge in [0.2, 0.25) is 5.91 Å². The van der Waals surface area contributed by atoms with Crippen LogP contribution in [0.15, 0.2) is 48.5 Å². The molecule has 0 unspecified atom stereocenters. The van der Waals surface area contributed by atoms with Crippen LogP contribution in [0.1, 0.15) is 56.6 Å². The Kier molecular flexibility index (Phi) is 6.91. The minimum atomic E-state index is -0.889. The standard InChI is InChI=1S/C27H32N2O5/c1-27(2,25(32)29-15-7-8-18(29)16-24(30)31)13-14-28-26(33)34-17-23-21-11-5-3-9-19(21)20-10-4-6-12-22(20)23/h3-6,9-12,18,23H,7-8,13-17H2,1-2H3,(H,28,33)(H,30,31)/t18-/m1/s1. The van der Waals surface area contributed by atoms with Crippen LogP contribution in [-0.2, 0) is 14.3 Å². The van der Waals surface area contributed by atoms with Crippen LogP contribution in [0.3, 0.4) is 0 Å². The summed E-state index contributed by atoms with van der Waals surface area (Å²) in [7, 11) is 0. The SMILES string of the molecule is CC(C)(CCNC(=O)OCC1c2ccccc2-c2ccccc21)C(=O)N1CCC[C@@H]1CC(=O)O. The van der Waals surface area contributed by atoms with Gasteiger partial charge in [0.15, 0.2) is 0 Å². The van der Waals surface area contributed by atoms with E-state index in [2.05, 4.69) is 29.6 Å². The van der Waals surface area contributed by atoms with Gasteiger partial charge in [-0.25, -0.2) is 4.79 Å². The lowest BCUT2D eigenvalue weighted by molar-refractivity contribution is -0.144. The molecular weight excluding hydrogens is 432 g/mol. The van der Waals surface area contributed by atoms with Crippen LogP contribution in [0.25, 0.3) is 11.1 Å². The number of benzene rings is 2. The largest absolute Gasteiger partial charge is 0.481 e. The van der Waals surface area contributed by atoms with Crippen LogP contribution in [0.5, 0.6) is 0 Å². The average Bonchev–Trinajstić information content (AvgIpc) is 3.39. The summed E-state index contributed by atoms with van der Waals surface area (Å²) in [5.74, 6) is -0.956. The van der Waals surface area contributed by atoms with E-state index in [1.807, 2.05) is 38.1 Å². The first-order valence-corrected chi connectivity index (χ1v) is 11.9. The summed E-state index contributed by atoms with van der Waals surface area (Å²) < 4.78 is 5.56. The van der Waals surface area contributed by atoms with Crippen molar-refractivity contribution in [3.63, 3.8) is 0 Å². The minimum absolute atomic E-state index is 0.00231. The Morgan fingerprint density at radius 1 is 1.06 bits per heavy atom. The third-order valence-electron chi connectivity index (χ3n) is 6.99. The molecule has 1 saturated heterocycles. The fourth-order valence-electron chi connectivity index (χ4n) is 5.14. The third kappa shape index (κ3) is 4.93. The lowest BCUT2D eigenvalue weighted by Crippen LogP contribution is -2.45. The number of carboxylic acid groups (broad SMARTS) is 1. The van der Waals surface area contributed by atoms with E-state index in [0.717, 1.165) is 17.5 Å². The quantitative estimate of drug-likeness (QED) is 0.603. The van der Waals surface area contributed by atoms with Crippen molar-refractivity contribution in [3.05, 3.63) is 59.7 Å². The van der Waals surface area contributed by atoms with E-state index in [0.29, 0.717) is 25.9 Å². The second-order valence-corrected chi connectivity index (χ2v) is 9.78. The van der Waals surface area contributed by atoms with Crippen LogP contribution in [0.4, 0.5) is 4.79 Å². The molecule has 1 fully saturated rings. The van der Waals surface area contributed by atoms with Gasteiger partial charge in [-0.3, -0.25) is 9.59 Å². The molecule has 0 bridgehead atoms. The molecule has 2 aromatic carbocycles. The first-order chi connectivity index (χ1) is 16.3. The van der Waals surface area contributed by atoms with Crippen molar-refractivity contribution in [2.75, 3.05) is 19.7 Å². The summed E-state index contributed by atoms with van der Waals surface area (Å²) in [6, 6.07) is 16.1. The van der Waals surface area contributed by atoms with E-state index in [1.165, 1.54) is 11.1 Å². The highest BCUT2D eigenvalue weighted by Crippen LogP contribution is 2.44. The average molecular weight is 465 g/mol. The molecule has 2 aliphatic rings. The second-order valence-electron chi connectivity index (χ2n) is 9.78. The summed E-state index contributed by atoms with van der Waals surface area (Å²) in [5.41, 5.74) is 3.96. The van der Waals surface area contributed by atoms with Crippen molar-refractivity contribution in [2.45, 2.75) is 51.5 Å². The zero-order chi connectivity index (χ0) is 24.3. The Labute approximate surface area is 200 Å². The molecule has 2 N–H and O–H groups in total. The van der Waals surface area contributed by atoms with E-state index >= 15 is 0 Å². The Hall–Kier alpha value is -3.35. The smallest absolute Gasteiger partial charge is 0.407 e. The molecule has 1 aliphatic heterocycles. The maximum Gasteiger partial charge on any atom is 0.407 e. The van der Waals surface area contributed by atoms with Gasteiger partial charge < -0.3 is 20.1 Å². The van der Waals surface area contributed by atoms with Crippen LogP contribution in [-0.4, -0.2) is 53.7 Å². The number of hydrogen-bond acceptors (Lipinski definition) is 4. The normalized spacial score (nSPS) is 17.2. The number of alkyl carbamates (subject to hydrolysis) is 1. The Morgan fingerprint density at radius 3 is 2.29 bits per heavy atom. The van der Waals surface area contributed by atoms with Gasteiger partial charge in [0.05, 0.1) is 6.42 Å². The van der Waals surface area contributed by atoms with Crippen LogP contribution >= 0.6 is 0 Å². The number of carbonyl (C=O) groups is 3. The number of nitrogens with zero attached hydrogens (tertiary/aromatic N) is 1. The van der Waals surface area contributed by atoms with Gasteiger partial charge in [0.1, 0.15) is 6.61 Å². The third-order valence-corrected chi connectivity index (χ3v) is 6.99. The predicted molar refractivity (Wildman–Crippen MR) is 128 cm³/mol. The first-order valence-electron chi connectivity index (χ1n) is 11.9. The highest BCUT2D eigenvalue weighted by Gasteiger charge is 2.38. The number of carboxylic acids is 1. The predicted octanol–water partition coefficient (Wildman–Crippen LogP) is 4.41. The fraction of sp³-hybridized carbons (Fsp3) is 0.444. The van der Waals surface area contributed by atoms with Gasteiger partial charge in [-0.15, -0.1) is 0 Å².